The quantitative estimate of drug-likeness (QED) is 0.753. The molecule has 2 amide bonds. The van der Waals surface area contributed by atoms with Gasteiger partial charge in [0.05, 0.1) is 0 Å². The molecule has 0 spiro atoms. The van der Waals surface area contributed by atoms with Crippen molar-refractivity contribution in [1.82, 2.24) is 5.32 Å². The van der Waals surface area contributed by atoms with Gasteiger partial charge in [0.15, 0.2) is 0 Å². The van der Waals surface area contributed by atoms with Gasteiger partial charge in [0.2, 0.25) is 0 Å². The van der Waals surface area contributed by atoms with Gasteiger partial charge in [-0.3, -0.25) is 0 Å². The fourth-order valence-electron chi connectivity index (χ4n) is 1.42. The molecule has 0 bridgehead atoms. The van der Waals surface area contributed by atoms with Crippen molar-refractivity contribution in [2.24, 2.45) is 5.92 Å². The van der Waals surface area contributed by atoms with Crippen LogP contribution in [-0.2, 0) is 0 Å². The number of amides is 2. The van der Waals surface area contributed by atoms with Gasteiger partial charge in [-0.2, -0.15) is 8.78 Å². The molecule has 0 heterocycles. The Morgan fingerprint density at radius 2 is 2.10 bits per heavy atom. The highest BCUT2D eigenvalue weighted by Crippen LogP contribution is 2.19. The average molecular weight is 288 g/mol. The number of rotatable bonds is 6. The van der Waals surface area contributed by atoms with Crippen LogP contribution in [-0.4, -0.2) is 30.4 Å². The number of carbonyl (C=O) groups is 1. The third-order valence-corrected chi connectivity index (χ3v) is 2.82. The number of urea groups is 1. The number of carbonyl (C=O) groups excluding carboxylic acids is 1. The zero-order chi connectivity index (χ0) is 15.1. The molecular weight excluding hydrogens is 270 g/mol. The minimum Gasteiger partial charge on any atom is -0.435 e. The van der Waals surface area contributed by atoms with E-state index in [9.17, 15) is 13.6 Å². The maximum atomic E-state index is 12.1. The molecule has 1 aromatic carbocycles. The van der Waals surface area contributed by atoms with Gasteiger partial charge in [-0.25, -0.2) is 4.79 Å². The highest BCUT2D eigenvalue weighted by Gasteiger charge is 2.14. The molecule has 5 nitrogen and oxygen atoms in total. The van der Waals surface area contributed by atoms with E-state index >= 15 is 0 Å². The molecule has 0 aliphatic heterocycles. The predicted molar refractivity (Wildman–Crippen MR) is 70.9 cm³/mol. The van der Waals surface area contributed by atoms with Crippen molar-refractivity contribution in [3.05, 3.63) is 24.3 Å². The first-order valence-corrected chi connectivity index (χ1v) is 6.15. The van der Waals surface area contributed by atoms with Crippen LogP contribution in [0.2, 0.25) is 0 Å². The molecule has 0 aromatic heterocycles. The number of halogens is 2. The lowest BCUT2D eigenvalue weighted by molar-refractivity contribution is -0.0497. The van der Waals surface area contributed by atoms with Crippen molar-refractivity contribution in [3.63, 3.8) is 0 Å². The van der Waals surface area contributed by atoms with Gasteiger partial charge in [-0.15, -0.1) is 0 Å². The Labute approximate surface area is 115 Å². The second-order valence-corrected chi connectivity index (χ2v) is 4.45. The maximum absolute atomic E-state index is 12.1. The second kappa shape index (κ2) is 7.64. The Balaban J connectivity index is 2.57. The molecule has 20 heavy (non-hydrogen) atoms. The van der Waals surface area contributed by atoms with E-state index in [0.29, 0.717) is 5.69 Å². The lowest BCUT2D eigenvalue weighted by Crippen LogP contribution is -2.40. The van der Waals surface area contributed by atoms with E-state index in [1.807, 2.05) is 0 Å². The van der Waals surface area contributed by atoms with Crippen LogP contribution in [0.4, 0.5) is 19.3 Å². The molecular formula is C13H18F2N2O3. The van der Waals surface area contributed by atoms with E-state index in [2.05, 4.69) is 15.4 Å². The van der Waals surface area contributed by atoms with Crippen LogP contribution in [0.1, 0.15) is 13.8 Å². The summed E-state index contributed by atoms with van der Waals surface area (Å²) in [6.45, 7) is 0.599. The number of hydrogen-bond donors (Lipinski definition) is 3. The Bertz CT molecular complexity index is 443. The summed E-state index contributed by atoms with van der Waals surface area (Å²) in [5.41, 5.74) is 0.338. The normalized spacial score (nSPS) is 13.7. The summed E-state index contributed by atoms with van der Waals surface area (Å²) in [5.74, 6) is -0.121. The molecule has 0 aliphatic rings. The van der Waals surface area contributed by atoms with Crippen molar-refractivity contribution < 1.29 is 23.4 Å². The van der Waals surface area contributed by atoms with Crippen molar-refractivity contribution in [2.75, 3.05) is 11.9 Å². The fourth-order valence-corrected chi connectivity index (χ4v) is 1.42. The van der Waals surface area contributed by atoms with E-state index in [-0.39, 0.29) is 24.3 Å². The molecule has 0 radical (unpaired) electrons. The second-order valence-electron chi connectivity index (χ2n) is 4.45. The van der Waals surface area contributed by atoms with E-state index in [1.54, 1.807) is 19.9 Å². The Kier molecular flexibility index (Phi) is 6.17. The molecule has 7 heteroatoms. The number of aliphatic hydroxyl groups excluding tert-OH is 1. The van der Waals surface area contributed by atoms with E-state index in [0.717, 1.165) is 0 Å². The summed E-state index contributed by atoms with van der Waals surface area (Å²) >= 11 is 0. The maximum Gasteiger partial charge on any atom is 0.387 e. The first kappa shape index (κ1) is 16.2. The number of benzene rings is 1. The molecule has 1 aromatic rings. The summed E-state index contributed by atoms with van der Waals surface area (Å²) in [5, 5.41) is 14.1. The van der Waals surface area contributed by atoms with Crippen LogP contribution < -0.4 is 15.4 Å². The number of nitrogens with one attached hydrogen (secondary N) is 2. The van der Waals surface area contributed by atoms with Gasteiger partial charge in [-0.05, 0) is 25.0 Å². The standard InChI is InChI=1S/C13H18F2N2O3/c1-8(7-18)9(2)16-13(19)17-10-4-3-5-11(6-10)20-12(14)15/h3-6,8-9,12,18H,7H2,1-2H3,(H2,16,17,19). The molecule has 2 unspecified atom stereocenters. The van der Waals surface area contributed by atoms with Crippen molar-refractivity contribution in [3.8, 4) is 5.75 Å². The van der Waals surface area contributed by atoms with Gasteiger partial charge in [-0.1, -0.05) is 13.0 Å². The van der Waals surface area contributed by atoms with Crippen LogP contribution in [0.15, 0.2) is 24.3 Å². The summed E-state index contributed by atoms with van der Waals surface area (Å²) in [7, 11) is 0. The third-order valence-electron chi connectivity index (χ3n) is 2.82. The van der Waals surface area contributed by atoms with E-state index in [1.165, 1.54) is 18.2 Å². The van der Waals surface area contributed by atoms with Crippen molar-refractivity contribution in [1.29, 1.82) is 0 Å². The average Bonchev–Trinajstić information content (AvgIpc) is 2.37. The monoisotopic (exact) mass is 288 g/mol. The first-order chi connectivity index (χ1) is 9.42. The summed E-state index contributed by atoms with van der Waals surface area (Å²) in [6, 6.07) is 5.01. The van der Waals surface area contributed by atoms with Gasteiger partial charge in [0.1, 0.15) is 5.75 Å². The zero-order valence-electron chi connectivity index (χ0n) is 11.3. The number of ether oxygens (including phenoxy) is 1. The molecule has 1 rings (SSSR count). The van der Waals surface area contributed by atoms with Crippen molar-refractivity contribution in [2.45, 2.75) is 26.5 Å². The smallest absolute Gasteiger partial charge is 0.387 e. The molecule has 112 valence electrons. The lowest BCUT2D eigenvalue weighted by atomic mass is 10.1. The molecule has 0 saturated carbocycles. The van der Waals surface area contributed by atoms with Gasteiger partial charge >= 0.3 is 12.6 Å². The summed E-state index contributed by atoms with van der Waals surface area (Å²) in [6.07, 6.45) is 0. The highest BCUT2D eigenvalue weighted by molar-refractivity contribution is 5.89. The van der Waals surface area contributed by atoms with Crippen LogP contribution >= 0.6 is 0 Å². The van der Waals surface area contributed by atoms with E-state index in [4.69, 9.17) is 5.11 Å². The largest absolute Gasteiger partial charge is 0.435 e. The van der Waals surface area contributed by atoms with Crippen LogP contribution in [0.25, 0.3) is 0 Å². The summed E-state index contributed by atoms with van der Waals surface area (Å²) < 4.78 is 28.4. The Morgan fingerprint density at radius 3 is 2.70 bits per heavy atom. The molecule has 2 atom stereocenters. The number of hydrogen-bond acceptors (Lipinski definition) is 3. The molecule has 0 fully saturated rings. The topological polar surface area (TPSA) is 70.6 Å². The fraction of sp³-hybridized carbons (Fsp3) is 0.462. The van der Waals surface area contributed by atoms with Gasteiger partial charge < -0.3 is 20.5 Å². The van der Waals surface area contributed by atoms with Crippen LogP contribution in [0, 0.1) is 5.92 Å². The SMILES string of the molecule is CC(CO)C(C)NC(=O)Nc1cccc(OC(F)F)c1. The molecule has 0 aliphatic carbocycles. The van der Waals surface area contributed by atoms with Crippen LogP contribution in [0.3, 0.4) is 0 Å². The third kappa shape index (κ3) is 5.40. The molecule has 3 N–H and O–H groups in total. The lowest BCUT2D eigenvalue weighted by Gasteiger charge is -2.19. The van der Waals surface area contributed by atoms with Gasteiger partial charge in [0, 0.05) is 24.4 Å². The number of alkyl halides is 2. The Hall–Kier alpha value is -1.89. The van der Waals surface area contributed by atoms with Crippen LogP contribution in [0.5, 0.6) is 5.75 Å². The Morgan fingerprint density at radius 1 is 1.40 bits per heavy atom. The van der Waals surface area contributed by atoms with Gasteiger partial charge in [0.25, 0.3) is 0 Å². The summed E-state index contributed by atoms with van der Waals surface area (Å²) in [4.78, 5) is 11.7. The molecule has 0 saturated heterocycles. The number of aliphatic hydroxyl groups is 1. The minimum atomic E-state index is -2.91. The van der Waals surface area contributed by atoms with E-state index < -0.39 is 12.6 Å². The van der Waals surface area contributed by atoms with Crippen molar-refractivity contribution >= 4 is 11.7 Å². The first-order valence-electron chi connectivity index (χ1n) is 6.15. The highest BCUT2D eigenvalue weighted by atomic mass is 19.3. The zero-order valence-corrected chi connectivity index (χ0v) is 11.3. The number of anilines is 1. The minimum absolute atomic E-state index is 0.0328. The predicted octanol–water partition coefficient (Wildman–Crippen LogP) is 2.43.